The van der Waals surface area contributed by atoms with Crippen LogP contribution in [0.5, 0.6) is 0 Å². The lowest BCUT2D eigenvalue weighted by molar-refractivity contribution is 0.0600. The number of esters is 1. The normalized spacial score (nSPS) is 10.6. The quantitative estimate of drug-likeness (QED) is 0.659. The number of nitrogen functional groups attached to an aromatic ring is 1. The van der Waals surface area contributed by atoms with Crippen LogP contribution in [0.3, 0.4) is 0 Å². The maximum atomic E-state index is 12.5. The third-order valence-electron chi connectivity index (χ3n) is 2.00. The molecule has 0 fully saturated rings. The number of alkyl halides is 3. The molecule has 88 valence electrons. The molecule has 0 aliphatic rings. The van der Waals surface area contributed by atoms with Gasteiger partial charge >= 0.3 is 5.97 Å². The second-order valence-corrected chi connectivity index (χ2v) is 3.14. The standard InChI is InChI=1S/C9H9ClF2N2O2/c1-16-9(15)5-3-14-7(8(11)12)4(2-10)6(5)13/h3,8H,2H2,1H3,(H2,13,14). The number of hydrogen-bond donors (Lipinski definition) is 1. The lowest BCUT2D eigenvalue weighted by Gasteiger charge is -2.11. The molecule has 0 aliphatic carbocycles. The zero-order valence-electron chi connectivity index (χ0n) is 8.34. The van der Waals surface area contributed by atoms with Gasteiger partial charge in [0.05, 0.1) is 18.7 Å². The number of ether oxygens (including phenoxy) is 1. The number of rotatable bonds is 3. The summed E-state index contributed by atoms with van der Waals surface area (Å²) in [5.41, 5.74) is 4.81. The third-order valence-corrected chi connectivity index (χ3v) is 2.27. The van der Waals surface area contributed by atoms with Crippen molar-refractivity contribution in [2.24, 2.45) is 0 Å². The number of nitrogens with zero attached hydrogens (tertiary/aromatic N) is 1. The van der Waals surface area contributed by atoms with Crippen LogP contribution in [0, 0.1) is 0 Å². The van der Waals surface area contributed by atoms with Crippen molar-refractivity contribution >= 4 is 23.3 Å². The molecule has 4 nitrogen and oxygen atoms in total. The predicted octanol–water partition coefficient (Wildman–Crippen LogP) is 2.13. The lowest BCUT2D eigenvalue weighted by Crippen LogP contribution is -2.11. The minimum atomic E-state index is -2.79. The van der Waals surface area contributed by atoms with Crippen molar-refractivity contribution in [1.82, 2.24) is 4.98 Å². The monoisotopic (exact) mass is 250 g/mol. The van der Waals surface area contributed by atoms with Gasteiger partial charge in [0.25, 0.3) is 6.43 Å². The Morgan fingerprint density at radius 1 is 1.69 bits per heavy atom. The van der Waals surface area contributed by atoms with E-state index in [1.165, 1.54) is 0 Å². The number of anilines is 1. The molecule has 0 spiro atoms. The zero-order chi connectivity index (χ0) is 12.3. The van der Waals surface area contributed by atoms with Gasteiger partial charge in [-0.15, -0.1) is 11.6 Å². The largest absolute Gasteiger partial charge is 0.465 e. The van der Waals surface area contributed by atoms with Gasteiger partial charge < -0.3 is 10.5 Å². The summed E-state index contributed by atoms with van der Waals surface area (Å²) in [6.45, 7) is 0. The number of carbonyl (C=O) groups excluding carboxylic acids is 1. The van der Waals surface area contributed by atoms with E-state index in [9.17, 15) is 13.6 Å². The van der Waals surface area contributed by atoms with Crippen molar-refractivity contribution in [2.75, 3.05) is 12.8 Å². The molecule has 0 aromatic carbocycles. The van der Waals surface area contributed by atoms with E-state index < -0.39 is 18.1 Å². The number of aromatic nitrogens is 1. The van der Waals surface area contributed by atoms with Crippen molar-refractivity contribution in [3.63, 3.8) is 0 Å². The second-order valence-electron chi connectivity index (χ2n) is 2.88. The van der Waals surface area contributed by atoms with E-state index in [0.29, 0.717) is 0 Å². The summed E-state index contributed by atoms with van der Waals surface area (Å²) in [6.07, 6.45) is -1.83. The molecule has 0 amide bonds. The highest BCUT2D eigenvalue weighted by Gasteiger charge is 2.21. The van der Waals surface area contributed by atoms with Gasteiger partial charge in [0.15, 0.2) is 0 Å². The molecule has 1 aromatic rings. The van der Waals surface area contributed by atoms with Gasteiger partial charge in [0.2, 0.25) is 0 Å². The van der Waals surface area contributed by atoms with Gasteiger partial charge in [-0.2, -0.15) is 0 Å². The summed E-state index contributed by atoms with van der Waals surface area (Å²) in [7, 11) is 1.16. The van der Waals surface area contributed by atoms with Gasteiger partial charge in [0, 0.05) is 11.8 Å². The Labute approximate surface area is 95.4 Å². The van der Waals surface area contributed by atoms with Crippen LogP contribution in [0.4, 0.5) is 14.5 Å². The van der Waals surface area contributed by atoms with Crippen LogP contribution < -0.4 is 5.73 Å². The van der Waals surface area contributed by atoms with Crippen molar-refractivity contribution in [3.8, 4) is 0 Å². The van der Waals surface area contributed by atoms with Crippen molar-refractivity contribution < 1.29 is 18.3 Å². The fourth-order valence-corrected chi connectivity index (χ4v) is 1.46. The Morgan fingerprint density at radius 3 is 2.75 bits per heavy atom. The van der Waals surface area contributed by atoms with Crippen LogP contribution in [-0.4, -0.2) is 18.1 Å². The second kappa shape index (κ2) is 5.07. The average molecular weight is 251 g/mol. The van der Waals surface area contributed by atoms with Crippen molar-refractivity contribution in [1.29, 1.82) is 0 Å². The maximum Gasteiger partial charge on any atom is 0.341 e. The van der Waals surface area contributed by atoms with Gasteiger partial charge in [-0.1, -0.05) is 0 Å². The van der Waals surface area contributed by atoms with Crippen LogP contribution in [0.1, 0.15) is 28.0 Å². The molecule has 0 radical (unpaired) electrons. The van der Waals surface area contributed by atoms with Gasteiger partial charge in [0.1, 0.15) is 11.3 Å². The summed E-state index contributed by atoms with van der Waals surface area (Å²) in [5.74, 6) is -0.985. The van der Waals surface area contributed by atoms with E-state index in [4.69, 9.17) is 17.3 Å². The molecule has 1 aromatic heterocycles. The third kappa shape index (κ3) is 2.21. The molecular weight excluding hydrogens is 242 g/mol. The van der Waals surface area contributed by atoms with Crippen LogP contribution in [0.2, 0.25) is 0 Å². The number of hydrogen-bond acceptors (Lipinski definition) is 4. The molecule has 7 heteroatoms. The molecule has 0 bridgehead atoms. The molecule has 0 saturated heterocycles. The molecule has 16 heavy (non-hydrogen) atoms. The first-order chi connectivity index (χ1) is 7.52. The Kier molecular flexibility index (Phi) is 4.00. The number of methoxy groups -OCH3 is 1. The number of carbonyl (C=O) groups is 1. The predicted molar refractivity (Wildman–Crippen MR) is 54.5 cm³/mol. The SMILES string of the molecule is COC(=O)c1cnc(C(F)F)c(CCl)c1N. The molecule has 0 aliphatic heterocycles. The topological polar surface area (TPSA) is 65.2 Å². The molecule has 1 rings (SSSR count). The van der Waals surface area contributed by atoms with E-state index in [-0.39, 0.29) is 22.7 Å². The Hall–Kier alpha value is -1.43. The van der Waals surface area contributed by atoms with Crippen LogP contribution in [0.25, 0.3) is 0 Å². The number of halogens is 3. The van der Waals surface area contributed by atoms with E-state index in [0.717, 1.165) is 13.3 Å². The molecule has 0 unspecified atom stereocenters. The minimum Gasteiger partial charge on any atom is -0.465 e. The molecular formula is C9H9ClF2N2O2. The zero-order valence-corrected chi connectivity index (χ0v) is 9.09. The van der Waals surface area contributed by atoms with Crippen molar-refractivity contribution in [3.05, 3.63) is 23.0 Å². The molecule has 1 heterocycles. The highest BCUT2D eigenvalue weighted by Crippen LogP contribution is 2.28. The van der Waals surface area contributed by atoms with Crippen LogP contribution in [0.15, 0.2) is 6.20 Å². The number of nitrogens with two attached hydrogens (primary N) is 1. The summed E-state index contributed by atoms with van der Waals surface area (Å²) < 4.78 is 29.5. The first-order valence-electron chi connectivity index (χ1n) is 4.22. The molecule has 2 N–H and O–H groups in total. The van der Waals surface area contributed by atoms with Gasteiger partial charge in [-0.25, -0.2) is 13.6 Å². The fourth-order valence-electron chi connectivity index (χ4n) is 1.18. The highest BCUT2D eigenvalue weighted by molar-refractivity contribution is 6.17. The van der Waals surface area contributed by atoms with Crippen LogP contribution >= 0.6 is 11.6 Å². The maximum absolute atomic E-state index is 12.5. The fraction of sp³-hybridized carbons (Fsp3) is 0.333. The minimum absolute atomic E-state index is 0.0421. The first-order valence-corrected chi connectivity index (χ1v) is 4.76. The summed E-state index contributed by atoms with van der Waals surface area (Å²) in [5, 5.41) is 0. The van der Waals surface area contributed by atoms with E-state index in [1.54, 1.807) is 0 Å². The average Bonchev–Trinajstić information content (AvgIpc) is 2.27. The Bertz CT molecular complexity index is 413. The Morgan fingerprint density at radius 2 is 2.31 bits per heavy atom. The van der Waals surface area contributed by atoms with Gasteiger partial charge in [-0.3, -0.25) is 4.98 Å². The summed E-state index contributed by atoms with van der Waals surface area (Å²) in [6, 6.07) is 0. The summed E-state index contributed by atoms with van der Waals surface area (Å²) >= 11 is 5.50. The molecule has 0 atom stereocenters. The van der Waals surface area contributed by atoms with E-state index >= 15 is 0 Å². The van der Waals surface area contributed by atoms with Gasteiger partial charge in [-0.05, 0) is 0 Å². The van der Waals surface area contributed by atoms with E-state index in [1.807, 2.05) is 0 Å². The van der Waals surface area contributed by atoms with E-state index in [2.05, 4.69) is 9.72 Å². The van der Waals surface area contributed by atoms with Crippen molar-refractivity contribution in [2.45, 2.75) is 12.3 Å². The highest BCUT2D eigenvalue weighted by atomic mass is 35.5. The molecule has 0 saturated carbocycles. The van der Waals surface area contributed by atoms with Crippen LogP contribution in [-0.2, 0) is 10.6 Å². The Balaban J connectivity index is 3.34. The lowest BCUT2D eigenvalue weighted by atomic mass is 10.1. The summed E-state index contributed by atoms with van der Waals surface area (Å²) in [4.78, 5) is 14.7. The first kappa shape index (κ1) is 12.6. The smallest absolute Gasteiger partial charge is 0.341 e. The number of pyridine rings is 1.